The fraction of sp³-hybridized carbons (Fsp3) is 0.295. The molecule has 12 nitrogen and oxygen atoms in total. The Hall–Kier alpha value is -6.05. The summed E-state index contributed by atoms with van der Waals surface area (Å²) in [6.45, 7) is 3.35. The van der Waals surface area contributed by atoms with Crippen LogP contribution in [0.1, 0.15) is 51.7 Å². The molecule has 3 aromatic heterocycles. The largest absolute Gasteiger partial charge is 0.388 e. The van der Waals surface area contributed by atoms with Gasteiger partial charge in [-0.1, -0.05) is 91.0 Å². The van der Waals surface area contributed by atoms with Crippen LogP contribution in [0.2, 0.25) is 0 Å². The van der Waals surface area contributed by atoms with Crippen molar-refractivity contribution in [1.82, 2.24) is 29.3 Å². The number of carbonyl (C=O) groups is 3. The van der Waals surface area contributed by atoms with E-state index in [9.17, 15) is 24.3 Å². The molecule has 0 radical (unpaired) electrons. The predicted octanol–water partition coefficient (Wildman–Crippen LogP) is 5.70. The number of hydrogen-bond acceptors (Lipinski definition) is 9. The Balaban J connectivity index is 0.929. The van der Waals surface area contributed by atoms with Gasteiger partial charge in [0.2, 0.25) is 11.8 Å². The van der Waals surface area contributed by atoms with Crippen LogP contribution in [0.3, 0.4) is 0 Å². The topological polar surface area (TPSA) is 151 Å². The van der Waals surface area contributed by atoms with Crippen molar-refractivity contribution in [3.05, 3.63) is 142 Å². The second kappa shape index (κ2) is 16.2. The molecule has 5 heterocycles. The van der Waals surface area contributed by atoms with Crippen LogP contribution in [0.15, 0.2) is 114 Å². The van der Waals surface area contributed by atoms with E-state index in [1.165, 1.54) is 22.2 Å². The van der Waals surface area contributed by atoms with Crippen molar-refractivity contribution in [3.63, 3.8) is 0 Å². The second-order valence-corrected chi connectivity index (χ2v) is 16.0. The van der Waals surface area contributed by atoms with Gasteiger partial charge in [0, 0.05) is 43.6 Å². The Kier molecular flexibility index (Phi) is 10.8. The Labute approximate surface area is 333 Å². The van der Waals surface area contributed by atoms with Gasteiger partial charge >= 0.3 is 0 Å². The highest BCUT2D eigenvalue weighted by molar-refractivity contribution is 7.17. The highest BCUT2D eigenvalue weighted by Crippen LogP contribution is 2.37. The number of benzene rings is 3. The molecule has 290 valence electrons. The molecule has 3 aromatic carbocycles. The van der Waals surface area contributed by atoms with Crippen LogP contribution in [0, 0.1) is 12.8 Å². The minimum Gasteiger partial charge on any atom is -0.388 e. The van der Waals surface area contributed by atoms with E-state index < -0.39 is 11.2 Å². The summed E-state index contributed by atoms with van der Waals surface area (Å²) in [4.78, 5) is 72.4. The van der Waals surface area contributed by atoms with Crippen molar-refractivity contribution < 1.29 is 19.5 Å². The molecule has 2 aliphatic rings. The van der Waals surface area contributed by atoms with Crippen LogP contribution in [-0.2, 0) is 22.6 Å². The number of thiazole rings is 1. The van der Waals surface area contributed by atoms with Gasteiger partial charge in [0.05, 0.1) is 36.1 Å². The summed E-state index contributed by atoms with van der Waals surface area (Å²) in [5.74, 6) is -0.627. The van der Waals surface area contributed by atoms with E-state index >= 15 is 0 Å². The average Bonchev–Trinajstić information content (AvgIpc) is 3.64. The van der Waals surface area contributed by atoms with E-state index in [1.54, 1.807) is 12.1 Å². The lowest BCUT2D eigenvalue weighted by Gasteiger charge is -2.43. The molecule has 2 atom stereocenters. The van der Waals surface area contributed by atoms with Gasteiger partial charge < -0.3 is 20.2 Å². The van der Waals surface area contributed by atoms with Gasteiger partial charge in [0.1, 0.15) is 15.7 Å². The standard InChI is InChI=1S/C44H43N7O5S/c1-29-39(57-40(46-29)32-15-9-4-10-16-32)43(55)50-22-19-33(34(26-50)31-13-7-3-8-14-31)41(53)49-23-20-44(56,21-24-49)27-51-28-45-35-17-18-36(48-38(35)42(51)54)47-37(52)25-30-11-5-2-6-12-30/h2-18,28,33-34,56H,19-27H2,1H3,(H,47,48,52). The van der Waals surface area contributed by atoms with Crippen molar-refractivity contribution in [2.75, 3.05) is 31.5 Å². The number of fused-ring (bicyclic) bond motifs is 1. The summed E-state index contributed by atoms with van der Waals surface area (Å²) in [7, 11) is 0. The molecule has 2 N–H and O–H groups in total. The molecule has 3 amide bonds. The molecule has 0 aliphatic carbocycles. The number of pyridine rings is 1. The molecule has 2 fully saturated rings. The minimum absolute atomic E-state index is 0.00826. The van der Waals surface area contributed by atoms with Gasteiger partial charge in [-0.2, -0.15) is 0 Å². The first kappa shape index (κ1) is 37.9. The highest BCUT2D eigenvalue weighted by atomic mass is 32.1. The molecule has 6 aromatic rings. The zero-order valence-corrected chi connectivity index (χ0v) is 32.4. The lowest BCUT2D eigenvalue weighted by atomic mass is 9.79. The summed E-state index contributed by atoms with van der Waals surface area (Å²) in [5.41, 5.74) is 2.32. The van der Waals surface area contributed by atoms with Gasteiger partial charge in [-0.15, -0.1) is 11.3 Å². The first-order valence-electron chi connectivity index (χ1n) is 19.2. The number of amides is 3. The molecule has 0 bridgehead atoms. The van der Waals surface area contributed by atoms with Crippen LogP contribution in [0.4, 0.5) is 5.82 Å². The minimum atomic E-state index is -1.25. The van der Waals surface area contributed by atoms with E-state index in [0.717, 1.165) is 21.7 Å². The number of anilines is 1. The Morgan fingerprint density at radius 2 is 1.54 bits per heavy atom. The third-order valence-corrected chi connectivity index (χ3v) is 12.3. The summed E-state index contributed by atoms with van der Waals surface area (Å²) >= 11 is 1.40. The van der Waals surface area contributed by atoms with Gasteiger partial charge in [-0.3, -0.25) is 23.7 Å². The quantitative estimate of drug-likeness (QED) is 0.190. The molecule has 2 saturated heterocycles. The molecular weight excluding hydrogens is 739 g/mol. The number of piperidine rings is 2. The number of aromatic nitrogens is 4. The number of nitrogens with zero attached hydrogens (tertiary/aromatic N) is 6. The van der Waals surface area contributed by atoms with Crippen molar-refractivity contribution >= 4 is 45.9 Å². The van der Waals surface area contributed by atoms with Gasteiger partial charge in [0.25, 0.3) is 11.5 Å². The van der Waals surface area contributed by atoms with E-state index in [-0.39, 0.29) is 66.7 Å². The Bertz CT molecular complexity index is 2470. The van der Waals surface area contributed by atoms with Crippen LogP contribution in [0.5, 0.6) is 0 Å². The van der Waals surface area contributed by atoms with Crippen LogP contribution in [0.25, 0.3) is 21.6 Å². The lowest BCUT2D eigenvalue weighted by Crippen LogP contribution is -2.53. The summed E-state index contributed by atoms with van der Waals surface area (Å²) in [6, 6.07) is 32.3. The molecular formula is C44H43N7O5S. The fourth-order valence-corrected chi connectivity index (χ4v) is 8.99. The molecule has 0 saturated carbocycles. The summed E-state index contributed by atoms with van der Waals surface area (Å²) in [5, 5.41) is 15.3. The van der Waals surface area contributed by atoms with E-state index in [2.05, 4.69) is 15.3 Å². The molecule has 0 spiro atoms. The summed E-state index contributed by atoms with van der Waals surface area (Å²) < 4.78 is 1.36. The smallest absolute Gasteiger partial charge is 0.280 e. The Morgan fingerprint density at radius 1 is 0.860 bits per heavy atom. The maximum Gasteiger partial charge on any atom is 0.280 e. The number of aliphatic hydroxyl groups is 1. The van der Waals surface area contributed by atoms with Crippen LogP contribution >= 0.6 is 11.3 Å². The SMILES string of the molecule is Cc1nc(-c2ccccc2)sc1C(=O)N1CCC(C(=O)N2CCC(O)(Cn3cnc4ccc(NC(=O)Cc5ccccc5)nc4c3=O)CC2)C(c2ccccc2)C1. The number of likely N-dealkylation sites (tertiary alicyclic amines) is 2. The maximum absolute atomic E-state index is 14.3. The molecule has 13 heteroatoms. The molecule has 57 heavy (non-hydrogen) atoms. The first-order valence-corrected chi connectivity index (χ1v) is 20.0. The zero-order chi connectivity index (χ0) is 39.5. The zero-order valence-electron chi connectivity index (χ0n) is 31.6. The molecule has 2 aliphatic heterocycles. The van der Waals surface area contributed by atoms with Crippen LogP contribution in [-0.4, -0.2) is 83.9 Å². The van der Waals surface area contributed by atoms with Crippen molar-refractivity contribution in [2.24, 2.45) is 5.92 Å². The van der Waals surface area contributed by atoms with E-state index in [4.69, 9.17) is 4.98 Å². The van der Waals surface area contributed by atoms with Crippen molar-refractivity contribution in [3.8, 4) is 10.6 Å². The average molecular weight is 782 g/mol. The highest BCUT2D eigenvalue weighted by Gasteiger charge is 2.42. The van der Waals surface area contributed by atoms with Gasteiger partial charge in [0.15, 0.2) is 5.52 Å². The Morgan fingerprint density at radius 3 is 2.26 bits per heavy atom. The van der Waals surface area contributed by atoms with Crippen LogP contribution < -0.4 is 10.9 Å². The van der Waals surface area contributed by atoms with E-state index in [0.29, 0.717) is 48.7 Å². The number of rotatable bonds is 9. The lowest BCUT2D eigenvalue weighted by molar-refractivity contribution is -0.142. The third-order valence-electron chi connectivity index (χ3n) is 11.1. The number of nitrogens with one attached hydrogen (secondary N) is 1. The number of aryl methyl sites for hydroxylation is 1. The van der Waals surface area contributed by atoms with Gasteiger partial charge in [-0.05, 0) is 49.4 Å². The predicted molar refractivity (Wildman–Crippen MR) is 219 cm³/mol. The second-order valence-electron chi connectivity index (χ2n) is 15.0. The fourth-order valence-electron chi connectivity index (χ4n) is 7.95. The van der Waals surface area contributed by atoms with Crippen molar-refractivity contribution in [2.45, 2.75) is 50.7 Å². The molecule has 2 unspecified atom stereocenters. The van der Waals surface area contributed by atoms with E-state index in [1.807, 2.05) is 108 Å². The summed E-state index contributed by atoms with van der Waals surface area (Å²) in [6.07, 6.45) is 2.63. The number of carbonyl (C=O) groups excluding carboxylic acids is 3. The monoisotopic (exact) mass is 781 g/mol. The van der Waals surface area contributed by atoms with Gasteiger partial charge in [-0.25, -0.2) is 15.0 Å². The molecule has 8 rings (SSSR count). The third kappa shape index (κ3) is 8.25. The van der Waals surface area contributed by atoms with Crippen molar-refractivity contribution in [1.29, 1.82) is 0 Å². The number of hydrogen-bond donors (Lipinski definition) is 2. The first-order chi connectivity index (χ1) is 27.6. The maximum atomic E-state index is 14.3. The normalized spacial score (nSPS) is 18.0.